The summed E-state index contributed by atoms with van der Waals surface area (Å²) in [4.78, 5) is 22.1. The van der Waals surface area contributed by atoms with Crippen LogP contribution in [0.5, 0.6) is 5.75 Å². The van der Waals surface area contributed by atoms with Gasteiger partial charge in [-0.3, -0.25) is 9.59 Å². The van der Waals surface area contributed by atoms with Crippen LogP contribution in [-0.4, -0.2) is 37.8 Å². The number of thiophene rings is 1. The first-order valence-corrected chi connectivity index (χ1v) is 9.75. The first-order valence-electron chi connectivity index (χ1n) is 7.45. The minimum atomic E-state index is -5.10. The number of primary amides is 1. The minimum Gasteiger partial charge on any atom is -0.406 e. The SMILES string of the molecule is CC(O)C(=O)Nc1sc(S(=O)(=O)c2ccc(OC(F)(F)F)cc2F)cc1C(N)=O. The smallest absolute Gasteiger partial charge is 0.406 e. The van der Waals surface area contributed by atoms with Gasteiger partial charge in [-0.15, -0.1) is 24.5 Å². The van der Waals surface area contributed by atoms with E-state index < -0.39 is 60.4 Å². The van der Waals surface area contributed by atoms with Gasteiger partial charge in [-0.1, -0.05) is 0 Å². The van der Waals surface area contributed by atoms with Crippen molar-refractivity contribution in [1.29, 1.82) is 0 Å². The summed E-state index contributed by atoms with van der Waals surface area (Å²) in [6.07, 6.45) is -6.59. The van der Waals surface area contributed by atoms with Gasteiger partial charge in [-0.05, 0) is 25.1 Å². The van der Waals surface area contributed by atoms with Crippen molar-refractivity contribution < 1.29 is 45.4 Å². The number of aliphatic hydroxyl groups excluding tert-OH is 1. The quantitative estimate of drug-likeness (QED) is 0.569. The molecule has 1 heterocycles. The first kappa shape index (κ1) is 22.6. The van der Waals surface area contributed by atoms with Crippen molar-refractivity contribution in [2.24, 2.45) is 5.73 Å². The van der Waals surface area contributed by atoms with Crippen LogP contribution in [0.15, 0.2) is 33.4 Å². The van der Waals surface area contributed by atoms with Crippen molar-refractivity contribution in [1.82, 2.24) is 0 Å². The van der Waals surface area contributed by atoms with Crippen molar-refractivity contribution >= 4 is 38.0 Å². The number of carbonyl (C=O) groups excluding carboxylic acids is 2. The Hall–Kier alpha value is -2.71. The van der Waals surface area contributed by atoms with Crippen LogP contribution in [0.25, 0.3) is 0 Å². The molecule has 29 heavy (non-hydrogen) atoms. The van der Waals surface area contributed by atoms with Gasteiger partial charge in [-0.2, -0.15) is 0 Å². The van der Waals surface area contributed by atoms with Crippen molar-refractivity contribution in [3.05, 3.63) is 35.6 Å². The fraction of sp³-hybridized carbons (Fsp3) is 0.200. The van der Waals surface area contributed by atoms with Crippen molar-refractivity contribution in [2.45, 2.75) is 28.5 Å². The van der Waals surface area contributed by atoms with Crippen LogP contribution in [0.4, 0.5) is 22.6 Å². The molecule has 158 valence electrons. The number of benzene rings is 1. The highest BCUT2D eigenvalue weighted by Crippen LogP contribution is 2.36. The molecule has 4 N–H and O–H groups in total. The van der Waals surface area contributed by atoms with Gasteiger partial charge in [0.05, 0.1) is 5.56 Å². The summed E-state index contributed by atoms with van der Waals surface area (Å²) in [5.41, 5.74) is 4.72. The number of nitrogens with two attached hydrogens (primary N) is 1. The molecule has 2 rings (SSSR count). The molecule has 1 aromatic heterocycles. The molecule has 0 spiro atoms. The Kier molecular flexibility index (Phi) is 6.20. The van der Waals surface area contributed by atoms with Crippen molar-refractivity contribution in [2.75, 3.05) is 5.32 Å². The number of sulfone groups is 1. The van der Waals surface area contributed by atoms with Gasteiger partial charge in [0.25, 0.3) is 11.8 Å². The van der Waals surface area contributed by atoms with E-state index >= 15 is 0 Å². The van der Waals surface area contributed by atoms with E-state index in [4.69, 9.17) is 5.73 Å². The number of hydrogen-bond donors (Lipinski definition) is 3. The molecular weight excluding hydrogens is 444 g/mol. The normalized spacial score (nSPS) is 13.0. The van der Waals surface area contributed by atoms with Crippen molar-refractivity contribution in [3.8, 4) is 5.75 Å². The van der Waals surface area contributed by atoms with E-state index in [0.717, 1.165) is 13.0 Å². The number of aliphatic hydroxyl groups is 1. The summed E-state index contributed by atoms with van der Waals surface area (Å²) in [5, 5.41) is 11.0. The zero-order chi connectivity index (χ0) is 22.1. The highest BCUT2D eigenvalue weighted by atomic mass is 32.2. The summed E-state index contributed by atoms with van der Waals surface area (Å²) in [7, 11) is -4.64. The lowest BCUT2D eigenvalue weighted by Crippen LogP contribution is -2.25. The fourth-order valence-corrected chi connectivity index (χ4v) is 4.81. The van der Waals surface area contributed by atoms with Crippen LogP contribution in [-0.2, 0) is 14.6 Å². The molecule has 1 aromatic carbocycles. The molecule has 0 fully saturated rings. The molecule has 2 aromatic rings. The zero-order valence-corrected chi connectivity index (χ0v) is 15.9. The summed E-state index contributed by atoms with van der Waals surface area (Å²) in [6.45, 7) is 1.12. The topological polar surface area (TPSA) is 136 Å². The molecule has 0 bridgehead atoms. The number of alkyl halides is 3. The van der Waals surface area contributed by atoms with Gasteiger partial charge >= 0.3 is 6.36 Å². The predicted molar refractivity (Wildman–Crippen MR) is 91.7 cm³/mol. The summed E-state index contributed by atoms with van der Waals surface area (Å²) in [6, 6.07) is 2.17. The summed E-state index contributed by atoms with van der Waals surface area (Å²) in [5.74, 6) is -4.57. The maximum absolute atomic E-state index is 14.2. The number of anilines is 1. The molecule has 8 nitrogen and oxygen atoms in total. The van der Waals surface area contributed by atoms with E-state index in [1.165, 1.54) is 0 Å². The standard InChI is InChI=1S/C15H12F4N2O6S2/c1-6(22)13(24)21-14-8(12(20)23)5-11(28-14)29(25,26)10-3-2-7(4-9(10)16)27-15(17,18)19/h2-6,22H,1H3,(H2,20,23)(H,21,24). The fourth-order valence-electron chi connectivity index (χ4n) is 2.00. The molecule has 0 aliphatic heterocycles. The van der Waals surface area contributed by atoms with Gasteiger partial charge in [0.15, 0.2) is 0 Å². The van der Waals surface area contributed by atoms with Crippen LogP contribution >= 0.6 is 11.3 Å². The highest BCUT2D eigenvalue weighted by molar-refractivity contribution is 7.93. The maximum atomic E-state index is 14.2. The zero-order valence-electron chi connectivity index (χ0n) is 14.3. The van der Waals surface area contributed by atoms with E-state index in [0.29, 0.717) is 23.5 Å². The second-order valence-corrected chi connectivity index (χ2v) is 8.68. The lowest BCUT2D eigenvalue weighted by atomic mass is 10.3. The number of halogens is 4. The Morgan fingerprint density at radius 3 is 2.38 bits per heavy atom. The Labute approximate surface area is 164 Å². The number of amides is 2. The minimum absolute atomic E-state index is 0.235. The summed E-state index contributed by atoms with van der Waals surface area (Å²) < 4.78 is 79.0. The number of carbonyl (C=O) groups is 2. The molecule has 0 radical (unpaired) electrons. The predicted octanol–water partition coefficient (Wildman–Crippen LogP) is 2.04. The molecule has 14 heteroatoms. The van der Waals surface area contributed by atoms with Gasteiger partial charge < -0.3 is 20.9 Å². The maximum Gasteiger partial charge on any atom is 0.573 e. The van der Waals surface area contributed by atoms with E-state index in [2.05, 4.69) is 10.1 Å². The second-order valence-electron chi connectivity index (χ2n) is 5.48. The van der Waals surface area contributed by atoms with E-state index in [1.807, 2.05) is 0 Å². The van der Waals surface area contributed by atoms with Crippen molar-refractivity contribution in [3.63, 3.8) is 0 Å². The summed E-state index contributed by atoms with van der Waals surface area (Å²) >= 11 is 0.348. The molecule has 1 atom stereocenters. The van der Waals surface area contributed by atoms with Gasteiger partial charge in [0.2, 0.25) is 9.84 Å². The number of rotatable bonds is 6. The van der Waals surface area contributed by atoms with Crippen LogP contribution in [0.3, 0.4) is 0 Å². The van der Waals surface area contributed by atoms with Gasteiger partial charge in [-0.25, -0.2) is 12.8 Å². The molecule has 0 aliphatic carbocycles. The van der Waals surface area contributed by atoms with Crippen LogP contribution in [0.2, 0.25) is 0 Å². The Bertz CT molecular complexity index is 1060. The van der Waals surface area contributed by atoms with Crippen LogP contribution in [0, 0.1) is 5.82 Å². The Balaban J connectivity index is 2.48. The number of hydrogen-bond acceptors (Lipinski definition) is 7. The molecular formula is C15H12F4N2O6S2. The van der Waals surface area contributed by atoms with Gasteiger partial charge in [0.1, 0.15) is 31.8 Å². The molecule has 0 aliphatic rings. The first-order chi connectivity index (χ1) is 13.2. The largest absolute Gasteiger partial charge is 0.573 e. The molecule has 2 amide bonds. The lowest BCUT2D eigenvalue weighted by Gasteiger charge is -2.10. The number of nitrogens with one attached hydrogen (secondary N) is 1. The third-order valence-corrected chi connectivity index (χ3v) is 6.59. The Morgan fingerprint density at radius 2 is 1.90 bits per heavy atom. The van der Waals surface area contributed by atoms with Gasteiger partial charge in [0, 0.05) is 6.07 Å². The van der Waals surface area contributed by atoms with E-state index in [-0.39, 0.29) is 11.1 Å². The third kappa shape index (κ3) is 5.21. The third-order valence-electron chi connectivity index (χ3n) is 3.28. The van der Waals surface area contributed by atoms with E-state index in [9.17, 15) is 40.7 Å². The average molecular weight is 456 g/mol. The molecule has 1 unspecified atom stereocenters. The lowest BCUT2D eigenvalue weighted by molar-refractivity contribution is -0.274. The Morgan fingerprint density at radius 1 is 1.28 bits per heavy atom. The monoisotopic (exact) mass is 456 g/mol. The van der Waals surface area contributed by atoms with E-state index in [1.54, 1.807) is 0 Å². The van der Waals surface area contributed by atoms with Crippen LogP contribution in [0.1, 0.15) is 17.3 Å². The van der Waals surface area contributed by atoms with Crippen LogP contribution < -0.4 is 15.8 Å². The second kappa shape index (κ2) is 7.96. The number of ether oxygens (including phenoxy) is 1. The molecule has 0 saturated carbocycles. The molecule has 0 saturated heterocycles. The average Bonchev–Trinajstić information content (AvgIpc) is 2.97. The highest BCUT2D eigenvalue weighted by Gasteiger charge is 2.33.